The van der Waals surface area contributed by atoms with Gasteiger partial charge in [-0.05, 0) is 33.6 Å². The van der Waals surface area contributed by atoms with Crippen molar-refractivity contribution in [2.45, 2.75) is 19.5 Å². The normalized spacial score (nSPS) is 15.5. The maximum atomic E-state index is 5.68. The Morgan fingerprint density at radius 3 is 2.53 bits per heavy atom. The van der Waals surface area contributed by atoms with Gasteiger partial charge in [-0.15, -0.1) is 0 Å². The second kappa shape index (κ2) is 5.80. The van der Waals surface area contributed by atoms with Crippen LogP contribution in [-0.4, -0.2) is 51.7 Å². The SMILES string of the molecule is COc1cc(CN(C)C)c(OC)c2c1CN(C)CC2. The summed E-state index contributed by atoms with van der Waals surface area (Å²) < 4.78 is 11.3. The summed E-state index contributed by atoms with van der Waals surface area (Å²) in [7, 11) is 9.79. The number of nitrogens with zero attached hydrogens (tertiary/aromatic N) is 2. The molecule has 0 aromatic heterocycles. The first kappa shape index (κ1) is 14.2. The van der Waals surface area contributed by atoms with Gasteiger partial charge < -0.3 is 19.3 Å². The van der Waals surface area contributed by atoms with E-state index in [-0.39, 0.29) is 0 Å². The topological polar surface area (TPSA) is 24.9 Å². The molecule has 1 aromatic rings. The lowest BCUT2D eigenvalue weighted by molar-refractivity contribution is 0.293. The van der Waals surface area contributed by atoms with Gasteiger partial charge in [0, 0.05) is 36.3 Å². The van der Waals surface area contributed by atoms with Gasteiger partial charge in [0.25, 0.3) is 0 Å². The highest BCUT2D eigenvalue weighted by molar-refractivity contribution is 5.54. The third-order valence-electron chi connectivity index (χ3n) is 3.61. The third-order valence-corrected chi connectivity index (χ3v) is 3.61. The van der Waals surface area contributed by atoms with Crippen LogP contribution in [0.2, 0.25) is 0 Å². The molecule has 0 bridgehead atoms. The molecular weight excluding hydrogens is 240 g/mol. The maximum absolute atomic E-state index is 5.68. The van der Waals surface area contributed by atoms with Crippen LogP contribution in [0, 0.1) is 0 Å². The van der Waals surface area contributed by atoms with Gasteiger partial charge in [0.05, 0.1) is 14.2 Å². The minimum atomic E-state index is 0.864. The molecule has 2 rings (SSSR count). The molecule has 0 unspecified atom stereocenters. The zero-order valence-corrected chi connectivity index (χ0v) is 12.6. The van der Waals surface area contributed by atoms with E-state index in [0.29, 0.717) is 0 Å². The number of hydrogen-bond acceptors (Lipinski definition) is 4. The molecule has 4 nitrogen and oxygen atoms in total. The van der Waals surface area contributed by atoms with Crippen LogP contribution in [0.1, 0.15) is 16.7 Å². The first-order valence-corrected chi connectivity index (χ1v) is 6.65. The van der Waals surface area contributed by atoms with Gasteiger partial charge in [0.15, 0.2) is 0 Å². The van der Waals surface area contributed by atoms with Gasteiger partial charge in [-0.2, -0.15) is 0 Å². The van der Waals surface area contributed by atoms with Crippen LogP contribution < -0.4 is 9.47 Å². The van der Waals surface area contributed by atoms with E-state index in [9.17, 15) is 0 Å². The Morgan fingerprint density at radius 2 is 1.95 bits per heavy atom. The molecule has 0 radical (unpaired) electrons. The van der Waals surface area contributed by atoms with E-state index < -0.39 is 0 Å². The number of methoxy groups -OCH3 is 2. The Morgan fingerprint density at radius 1 is 1.21 bits per heavy atom. The minimum Gasteiger partial charge on any atom is -0.496 e. The van der Waals surface area contributed by atoms with E-state index in [1.54, 1.807) is 14.2 Å². The van der Waals surface area contributed by atoms with E-state index in [1.165, 1.54) is 16.7 Å². The van der Waals surface area contributed by atoms with E-state index in [1.807, 2.05) is 0 Å². The number of rotatable bonds is 4. The summed E-state index contributed by atoms with van der Waals surface area (Å²) in [6, 6.07) is 2.12. The van der Waals surface area contributed by atoms with Gasteiger partial charge >= 0.3 is 0 Å². The monoisotopic (exact) mass is 264 g/mol. The summed E-state index contributed by atoms with van der Waals surface area (Å²) in [6.07, 6.45) is 1.02. The first-order valence-electron chi connectivity index (χ1n) is 6.65. The Kier molecular flexibility index (Phi) is 4.32. The Balaban J connectivity index is 2.53. The van der Waals surface area contributed by atoms with Crippen molar-refractivity contribution in [3.8, 4) is 11.5 Å². The first-order chi connectivity index (χ1) is 9.06. The van der Waals surface area contributed by atoms with Gasteiger partial charge in [-0.1, -0.05) is 0 Å². The molecule has 106 valence electrons. The van der Waals surface area contributed by atoms with Crippen molar-refractivity contribution in [3.63, 3.8) is 0 Å². The third kappa shape index (κ3) is 2.85. The molecule has 1 aliphatic rings. The summed E-state index contributed by atoms with van der Waals surface area (Å²) in [5.41, 5.74) is 3.79. The average Bonchev–Trinajstić information content (AvgIpc) is 2.37. The molecule has 1 aromatic carbocycles. The van der Waals surface area contributed by atoms with Crippen LogP contribution in [0.4, 0.5) is 0 Å². The smallest absolute Gasteiger partial charge is 0.127 e. The molecule has 0 amide bonds. The van der Waals surface area contributed by atoms with Gasteiger partial charge in [-0.25, -0.2) is 0 Å². The number of ether oxygens (including phenoxy) is 2. The lowest BCUT2D eigenvalue weighted by Gasteiger charge is -2.29. The van der Waals surface area contributed by atoms with Crippen molar-refractivity contribution >= 4 is 0 Å². The zero-order chi connectivity index (χ0) is 14.0. The fourth-order valence-electron chi connectivity index (χ4n) is 2.77. The van der Waals surface area contributed by atoms with E-state index in [0.717, 1.165) is 37.6 Å². The quantitative estimate of drug-likeness (QED) is 0.827. The summed E-state index contributed by atoms with van der Waals surface area (Å²) in [5, 5.41) is 0. The molecule has 0 fully saturated rings. The van der Waals surface area contributed by atoms with Crippen LogP contribution in [0.25, 0.3) is 0 Å². The molecule has 4 heteroatoms. The molecule has 1 heterocycles. The van der Waals surface area contributed by atoms with Gasteiger partial charge in [-0.3, -0.25) is 0 Å². The number of benzene rings is 1. The number of hydrogen-bond donors (Lipinski definition) is 0. The van der Waals surface area contributed by atoms with Crippen LogP contribution in [-0.2, 0) is 19.5 Å². The Labute approximate surface area is 115 Å². The van der Waals surface area contributed by atoms with Crippen LogP contribution in [0.15, 0.2) is 6.07 Å². The van der Waals surface area contributed by atoms with Crippen LogP contribution in [0.5, 0.6) is 11.5 Å². The van der Waals surface area contributed by atoms with Crippen molar-refractivity contribution in [1.82, 2.24) is 9.80 Å². The second-order valence-electron chi connectivity index (χ2n) is 5.45. The molecule has 0 N–H and O–H groups in total. The summed E-state index contributed by atoms with van der Waals surface area (Å²) in [4.78, 5) is 4.47. The fraction of sp³-hybridized carbons (Fsp3) is 0.600. The summed E-state index contributed by atoms with van der Waals surface area (Å²) >= 11 is 0. The Hall–Kier alpha value is -1.26. The van der Waals surface area contributed by atoms with Crippen molar-refractivity contribution < 1.29 is 9.47 Å². The highest BCUT2D eigenvalue weighted by Crippen LogP contribution is 2.38. The molecule has 19 heavy (non-hydrogen) atoms. The molecule has 0 saturated carbocycles. The van der Waals surface area contributed by atoms with Crippen molar-refractivity contribution in [2.75, 3.05) is 41.9 Å². The predicted molar refractivity (Wildman–Crippen MR) is 77.0 cm³/mol. The summed E-state index contributed by atoms with van der Waals surface area (Å²) in [6.45, 7) is 2.86. The fourth-order valence-corrected chi connectivity index (χ4v) is 2.77. The van der Waals surface area contributed by atoms with Gasteiger partial charge in [0.1, 0.15) is 11.5 Å². The van der Waals surface area contributed by atoms with Crippen LogP contribution in [0.3, 0.4) is 0 Å². The maximum Gasteiger partial charge on any atom is 0.127 e. The number of likely N-dealkylation sites (N-methyl/N-ethyl adjacent to an activating group) is 1. The van der Waals surface area contributed by atoms with E-state index in [2.05, 4.69) is 37.0 Å². The summed E-state index contributed by atoms with van der Waals surface area (Å²) in [5.74, 6) is 2.02. The lowest BCUT2D eigenvalue weighted by atomic mass is 9.94. The highest BCUT2D eigenvalue weighted by atomic mass is 16.5. The standard InChI is InChI=1S/C15H24N2O2/c1-16(2)9-11-8-14(18-4)13-10-17(3)7-6-12(13)15(11)19-5/h8H,6-7,9-10H2,1-5H3. The molecule has 1 aliphatic heterocycles. The largest absolute Gasteiger partial charge is 0.496 e. The highest BCUT2D eigenvalue weighted by Gasteiger charge is 2.24. The Bertz CT molecular complexity index is 458. The van der Waals surface area contributed by atoms with Crippen molar-refractivity contribution in [2.24, 2.45) is 0 Å². The minimum absolute atomic E-state index is 0.864. The average molecular weight is 264 g/mol. The molecule has 0 atom stereocenters. The van der Waals surface area contributed by atoms with Crippen LogP contribution >= 0.6 is 0 Å². The van der Waals surface area contributed by atoms with Gasteiger partial charge in [0.2, 0.25) is 0 Å². The number of fused-ring (bicyclic) bond motifs is 1. The molecule has 0 aliphatic carbocycles. The van der Waals surface area contributed by atoms with Crippen molar-refractivity contribution in [3.05, 3.63) is 22.8 Å². The molecule has 0 saturated heterocycles. The van der Waals surface area contributed by atoms with E-state index >= 15 is 0 Å². The van der Waals surface area contributed by atoms with E-state index in [4.69, 9.17) is 9.47 Å². The van der Waals surface area contributed by atoms with Crippen molar-refractivity contribution in [1.29, 1.82) is 0 Å². The lowest BCUT2D eigenvalue weighted by Crippen LogP contribution is -2.28. The zero-order valence-electron chi connectivity index (χ0n) is 12.6. The predicted octanol–water partition coefficient (Wildman–Crippen LogP) is 1.75. The molecule has 0 spiro atoms. The second-order valence-corrected chi connectivity index (χ2v) is 5.45. The molecular formula is C15H24N2O2.